The molecule has 0 aliphatic heterocycles. The number of ether oxygens (including phenoxy) is 2. The summed E-state index contributed by atoms with van der Waals surface area (Å²) in [5.74, 6) is 0.816. The van der Waals surface area contributed by atoms with Crippen molar-refractivity contribution in [3.8, 4) is 5.75 Å². The normalized spacial score (nSPS) is 13.1. The third kappa shape index (κ3) is 18.7. The van der Waals surface area contributed by atoms with Gasteiger partial charge in [0.05, 0.1) is 19.8 Å². The van der Waals surface area contributed by atoms with E-state index in [0.29, 0.717) is 32.7 Å². The van der Waals surface area contributed by atoms with Crippen molar-refractivity contribution in [2.45, 2.75) is 90.1 Å². The molecule has 2 atom stereocenters. The number of hydrogen-bond acceptors (Lipinski definition) is 7. The fraction of sp³-hybridized carbons (Fsp3) is 0.741. The van der Waals surface area contributed by atoms with Crippen LogP contribution in [0.3, 0.4) is 0 Å². The van der Waals surface area contributed by atoms with Crippen LogP contribution in [0, 0.1) is 0 Å². The highest BCUT2D eigenvalue weighted by Crippen LogP contribution is 2.33. The molecule has 1 N–H and O–H groups in total. The van der Waals surface area contributed by atoms with Crippen LogP contribution in [-0.2, 0) is 25.0 Å². The maximum absolute atomic E-state index is 10.9. The fourth-order valence-electron chi connectivity index (χ4n) is 3.69. The van der Waals surface area contributed by atoms with Gasteiger partial charge in [0, 0.05) is 13.0 Å². The van der Waals surface area contributed by atoms with E-state index in [1.807, 2.05) is 43.3 Å². The summed E-state index contributed by atoms with van der Waals surface area (Å²) in [4.78, 5) is 22.7. The number of likely N-dealkylation sites (N-methyl/N-ethyl adjacent to an activating group) is 1. The molecule has 1 rings (SSSR count). The summed E-state index contributed by atoms with van der Waals surface area (Å²) >= 11 is 0. The van der Waals surface area contributed by atoms with E-state index in [-0.39, 0.29) is 6.61 Å². The molecule has 8 heteroatoms. The van der Waals surface area contributed by atoms with E-state index in [1.165, 1.54) is 64.2 Å². The number of benzene rings is 1. The highest BCUT2D eigenvalue weighted by Gasteiger charge is 2.16. The fourth-order valence-corrected chi connectivity index (χ4v) is 4.30. The Morgan fingerprint density at radius 1 is 0.943 bits per heavy atom. The van der Waals surface area contributed by atoms with E-state index < -0.39 is 14.7 Å². The minimum atomic E-state index is -2.00. The number of unbranched alkanes of at least 4 members (excludes halogenated alkanes) is 10. The molecule has 0 saturated heterocycles. The first-order valence-corrected chi connectivity index (χ1v) is 14.4. The van der Waals surface area contributed by atoms with Gasteiger partial charge in [0.1, 0.15) is 11.9 Å². The summed E-state index contributed by atoms with van der Waals surface area (Å²) in [5, 5.41) is 0. The summed E-state index contributed by atoms with van der Waals surface area (Å²) in [6.45, 7) is 4.49. The summed E-state index contributed by atoms with van der Waals surface area (Å²) in [6.07, 6.45) is 14.4. The predicted molar refractivity (Wildman–Crippen MR) is 143 cm³/mol. The lowest BCUT2D eigenvalue weighted by Crippen LogP contribution is -2.22. The maximum Gasteiger partial charge on any atom is 0.330 e. The lowest BCUT2D eigenvalue weighted by Gasteiger charge is -2.18. The molecule has 0 bridgehead atoms. The first kappa shape index (κ1) is 31.8. The van der Waals surface area contributed by atoms with Crippen molar-refractivity contribution in [1.29, 1.82) is 0 Å². The average molecular weight is 514 g/mol. The molecule has 0 heterocycles. The minimum Gasteiger partial charge on any atom is -0.494 e. The molecule has 202 valence electrons. The molecule has 7 nitrogen and oxygen atoms in total. The number of rotatable bonds is 24. The van der Waals surface area contributed by atoms with E-state index >= 15 is 0 Å². The second-order valence-electron chi connectivity index (χ2n) is 9.26. The van der Waals surface area contributed by atoms with E-state index in [0.717, 1.165) is 17.7 Å². The van der Waals surface area contributed by atoms with Gasteiger partial charge in [-0.25, -0.2) is 0 Å². The second-order valence-corrected chi connectivity index (χ2v) is 10.3. The Morgan fingerprint density at radius 3 is 2.23 bits per heavy atom. The van der Waals surface area contributed by atoms with Crippen molar-refractivity contribution < 1.29 is 28.2 Å². The number of carbonyl (C=O) groups excluding carboxylic acids is 1. The smallest absolute Gasteiger partial charge is 0.330 e. The zero-order valence-corrected chi connectivity index (χ0v) is 23.1. The van der Waals surface area contributed by atoms with Crippen LogP contribution < -0.4 is 4.74 Å². The van der Waals surface area contributed by atoms with Crippen LogP contribution in [0.15, 0.2) is 24.3 Å². The van der Waals surface area contributed by atoms with Gasteiger partial charge in [0.2, 0.25) is 0 Å². The van der Waals surface area contributed by atoms with E-state index in [1.54, 1.807) is 0 Å². The molecule has 0 amide bonds. The zero-order chi connectivity index (χ0) is 25.6. The molecule has 0 aliphatic carbocycles. The van der Waals surface area contributed by atoms with Crippen LogP contribution in [0.5, 0.6) is 5.75 Å². The Balaban J connectivity index is 2.22. The topological polar surface area (TPSA) is 77.5 Å². The van der Waals surface area contributed by atoms with Crippen molar-refractivity contribution >= 4 is 15.1 Å². The zero-order valence-electron chi connectivity index (χ0n) is 22.2. The largest absolute Gasteiger partial charge is 0.494 e. The first-order chi connectivity index (χ1) is 17.0. The quantitative estimate of drug-likeness (QED) is 0.0991. The van der Waals surface area contributed by atoms with Gasteiger partial charge in [-0.2, -0.15) is 0 Å². The average Bonchev–Trinajstić information content (AvgIpc) is 2.83. The van der Waals surface area contributed by atoms with Crippen molar-refractivity contribution in [2.75, 3.05) is 40.5 Å². The third-order valence-electron chi connectivity index (χ3n) is 5.74. The van der Waals surface area contributed by atoms with Crippen LogP contribution in [0.4, 0.5) is 0 Å². The van der Waals surface area contributed by atoms with Crippen molar-refractivity contribution in [3.05, 3.63) is 29.8 Å². The van der Waals surface area contributed by atoms with Gasteiger partial charge in [-0.05, 0) is 38.2 Å². The molecule has 0 saturated carbocycles. The van der Waals surface area contributed by atoms with Gasteiger partial charge >= 0.3 is 8.60 Å². The van der Waals surface area contributed by atoms with Crippen LogP contribution in [-0.4, -0.2) is 62.8 Å². The standard InChI is InChI=1S/C27H48NO6P/c1-4-5-6-7-8-9-10-11-12-13-14-19-31-26-17-15-16-25(21-26)22-27(32-24-29)23-34-35(30)33-20-18-28(2)3/h15-17,21,24,27,30H,4-14,18-20,22-23H2,1-3H3. The first-order valence-electron chi connectivity index (χ1n) is 13.3. The Kier molecular flexibility index (Phi) is 20.0. The Hall–Kier alpha value is -1.24. The highest BCUT2D eigenvalue weighted by atomic mass is 31.2. The van der Waals surface area contributed by atoms with E-state index in [2.05, 4.69) is 6.92 Å². The molecule has 0 radical (unpaired) electrons. The Labute approximate surface area is 214 Å². The molecule has 0 aromatic heterocycles. The predicted octanol–water partition coefficient (Wildman–Crippen LogP) is 6.27. The highest BCUT2D eigenvalue weighted by molar-refractivity contribution is 7.40. The molecule has 35 heavy (non-hydrogen) atoms. The van der Waals surface area contributed by atoms with Crippen LogP contribution in [0.1, 0.15) is 83.1 Å². The Morgan fingerprint density at radius 2 is 1.60 bits per heavy atom. The van der Waals surface area contributed by atoms with E-state index in [9.17, 15) is 9.69 Å². The second kappa shape index (κ2) is 22.0. The summed E-state index contributed by atoms with van der Waals surface area (Å²) in [6, 6.07) is 7.81. The van der Waals surface area contributed by atoms with E-state index in [4.69, 9.17) is 18.5 Å². The van der Waals surface area contributed by atoms with Gasteiger partial charge in [0.25, 0.3) is 6.47 Å². The summed E-state index contributed by atoms with van der Waals surface area (Å²) in [7, 11) is 1.85. The monoisotopic (exact) mass is 513 g/mol. The number of carbonyl (C=O) groups is 1. The number of nitrogens with zero attached hydrogens (tertiary/aromatic N) is 1. The van der Waals surface area contributed by atoms with Gasteiger partial charge in [-0.3, -0.25) is 4.79 Å². The molecular formula is C27H48NO6P. The van der Waals surface area contributed by atoms with Gasteiger partial charge < -0.3 is 28.3 Å². The third-order valence-corrected chi connectivity index (χ3v) is 6.51. The number of hydrogen-bond donors (Lipinski definition) is 1. The van der Waals surface area contributed by atoms with Crippen molar-refractivity contribution in [3.63, 3.8) is 0 Å². The molecule has 0 spiro atoms. The molecular weight excluding hydrogens is 465 g/mol. The van der Waals surface area contributed by atoms with Crippen LogP contribution in [0.2, 0.25) is 0 Å². The lowest BCUT2D eigenvalue weighted by molar-refractivity contribution is -0.135. The van der Waals surface area contributed by atoms with Crippen molar-refractivity contribution in [2.24, 2.45) is 0 Å². The molecule has 1 aromatic carbocycles. The molecule has 0 fully saturated rings. The van der Waals surface area contributed by atoms with Crippen molar-refractivity contribution in [1.82, 2.24) is 4.90 Å². The molecule has 2 unspecified atom stereocenters. The molecule has 1 aromatic rings. The van der Waals surface area contributed by atoms with Gasteiger partial charge in [-0.15, -0.1) is 0 Å². The van der Waals surface area contributed by atoms with Crippen LogP contribution in [0.25, 0.3) is 0 Å². The van der Waals surface area contributed by atoms with Gasteiger partial charge in [-0.1, -0.05) is 83.3 Å². The maximum atomic E-state index is 10.9. The summed E-state index contributed by atoms with van der Waals surface area (Å²) < 4.78 is 21.7. The van der Waals surface area contributed by atoms with Gasteiger partial charge in [0.15, 0.2) is 0 Å². The lowest BCUT2D eigenvalue weighted by atomic mass is 10.1. The van der Waals surface area contributed by atoms with Crippen LogP contribution >= 0.6 is 8.60 Å². The SMILES string of the molecule is CCCCCCCCCCCCCOc1cccc(CC(COP(O)OCCN(C)C)OC=O)c1. The molecule has 0 aliphatic rings. The Bertz CT molecular complexity index is 633. The summed E-state index contributed by atoms with van der Waals surface area (Å²) in [5.41, 5.74) is 0.979. The minimum absolute atomic E-state index is 0.0622.